The monoisotopic (exact) mass is 565 g/mol. The number of hydrogen-bond donors (Lipinski definition) is 3. The summed E-state index contributed by atoms with van der Waals surface area (Å²) in [7, 11) is -7.50. The van der Waals surface area contributed by atoms with E-state index in [0.29, 0.717) is 27.8 Å². The molecular formula is C26H20FN5O5S2. The van der Waals surface area contributed by atoms with Crippen LogP contribution in [0.1, 0.15) is 15.9 Å². The van der Waals surface area contributed by atoms with Crippen molar-refractivity contribution >= 4 is 48.2 Å². The van der Waals surface area contributed by atoms with E-state index in [1.807, 2.05) is 0 Å². The molecule has 0 saturated carbocycles. The molecular weight excluding hydrogens is 545 g/mol. The third kappa shape index (κ3) is 5.63. The number of nitrogens with zero attached hydrogens (tertiary/aromatic N) is 2. The average Bonchev–Trinajstić information content (AvgIpc) is 3.32. The van der Waals surface area contributed by atoms with Gasteiger partial charge in [0.25, 0.3) is 10.0 Å². The third-order valence-electron chi connectivity index (χ3n) is 5.68. The number of pyridine rings is 2. The van der Waals surface area contributed by atoms with Gasteiger partial charge in [-0.15, -0.1) is 0 Å². The number of anilines is 2. The van der Waals surface area contributed by atoms with Gasteiger partial charge in [-0.3, -0.25) is 19.2 Å². The van der Waals surface area contributed by atoms with E-state index in [2.05, 4.69) is 24.4 Å². The van der Waals surface area contributed by atoms with E-state index in [4.69, 9.17) is 0 Å². The summed E-state index contributed by atoms with van der Waals surface area (Å²) < 4.78 is 68.1. The summed E-state index contributed by atoms with van der Waals surface area (Å²) in [6.07, 6.45) is 6.60. The van der Waals surface area contributed by atoms with Gasteiger partial charge in [-0.25, -0.2) is 26.2 Å². The van der Waals surface area contributed by atoms with Gasteiger partial charge < -0.3 is 4.98 Å². The van der Waals surface area contributed by atoms with Crippen LogP contribution in [0.25, 0.3) is 22.2 Å². The maximum absolute atomic E-state index is 14.8. The molecule has 0 radical (unpaired) electrons. The molecule has 39 heavy (non-hydrogen) atoms. The predicted molar refractivity (Wildman–Crippen MR) is 145 cm³/mol. The van der Waals surface area contributed by atoms with Crippen molar-refractivity contribution in [1.29, 1.82) is 0 Å². The van der Waals surface area contributed by atoms with Crippen molar-refractivity contribution in [2.45, 2.75) is 4.90 Å². The summed E-state index contributed by atoms with van der Waals surface area (Å²) in [5, 5.41) is 0.403. The quantitative estimate of drug-likeness (QED) is 0.239. The van der Waals surface area contributed by atoms with Crippen molar-refractivity contribution in [3.05, 3.63) is 102 Å². The summed E-state index contributed by atoms with van der Waals surface area (Å²) >= 11 is 0. The van der Waals surface area contributed by atoms with Crippen molar-refractivity contribution in [1.82, 2.24) is 15.0 Å². The minimum absolute atomic E-state index is 0.00236. The highest BCUT2D eigenvalue weighted by Crippen LogP contribution is 2.29. The van der Waals surface area contributed by atoms with Crippen molar-refractivity contribution in [2.75, 3.05) is 15.7 Å². The normalized spacial score (nSPS) is 11.8. The Bertz CT molecular complexity index is 1940. The Kier molecular flexibility index (Phi) is 6.62. The smallest absolute Gasteiger partial charge is 0.263 e. The molecule has 0 fully saturated rings. The van der Waals surface area contributed by atoms with Crippen LogP contribution < -0.4 is 9.44 Å². The highest BCUT2D eigenvalue weighted by atomic mass is 32.2. The maximum atomic E-state index is 14.8. The number of ketones is 1. The van der Waals surface area contributed by atoms with Gasteiger partial charge >= 0.3 is 0 Å². The molecule has 0 amide bonds. The Labute approximate surface area is 223 Å². The molecule has 0 atom stereocenters. The van der Waals surface area contributed by atoms with Gasteiger partial charge in [0.1, 0.15) is 16.4 Å². The van der Waals surface area contributed by atoms with E-state index >= 15 is 0 Å². The zero-order valence-electron chi connectivity index (χ0n) is 20.2. The lowest BCUT2D eigenvalue weighted by Crippen LogP contribution is -2.14. The molecule has 3 aromatic heterocycles. The van der Waals surface area contributed by atoms with Gasteiger partial charge in [0.05, 0.1) is 11.8 Å². The van der Waals surface area contributed by atoms with Gasteiger partial charge in [-0.05, 0) is 54.1 Å². The van der Waals surface area contributed by atoms with Gasteiger partial charge in [0.15, 0.2) is 5.78 Å². The highest BCUT2D eigenvalue weighted by molar-refractivity contribution is 7.92. The van der Waals surface area contributed by atoms with E-state index in [0.717, 1.165) is 18.4 Å². The number of aromatic nitrogens is 3. The van der Waals surface area contributed by atoms with Gasteiger partial charge in [0.2, 0.25) is 10.0 Å². The summed E-state index contributed by atoms with van der Waals surface area (Å²) in [5.41, 5.74) is 1.73. The highest BCUT2D eigenvalue weighted by Gasteiger charge is 2.21. The fraction of sp³-hybridized carbons (Fsp3) is 0.0385. The maximum Gasteiger partial charge on any atom is 0.263 e. The van der Waals surface area contributed by atoms with Crippen LogP contribution in [0, 0.1) is 5.82 Å². The number of halogens is 1. The molecule has 5 rings (SSSR count). The first-order chi connectivity index (χ1) is 18.5. The van der Waals surface area contributed by atoms with Crippen molar-refractivity contribution in [3.8, 4) is 11.1 Å². The second kappa shape index (κ2) is 9.93. The van der Waals surface area contributed by atoms with E-state index in [1.54, 1.807) is 36.5 Å². The number of benzene rings is 2. The zero-order chi connectivity index (χ0) is 27.8. The Morgan fingerprint density at radius 2 is 1.67 bits per heavy atom. The Morgan fingerprint density at radius 3 is 2.41 bits per heavy atom. The fourth-order valence-electron chi connectivity index (χ4n) is 3.95. The molecule has 0 spiro atoms. The van der Waals surface area contributed by atoms with Gasteiger partial charge in [-0.2, -0.15) is 0 Å². The molecule has 10 nitrogen and oxygen atoms in total. The second-order valence-corrected chi connectivity index (χ2v) is 12.0. The molecule has 0 aliphatic carbocycles. The summed E-state index contributed by atoms with van der Waals surface area (Å²) in [5.74, 6) is -1.52. The minimum atomic E-state index is -4.01. The molecule has 13 heteroatoms. The third-order valence-corrected chi connectivity index (χ3v) is 7.66. The summed E-state index contributed by atoms with van der Waals surface area (Å²) in [6, 6.07) is 14.5. The van der Waals surface area contributed by atoms with Crippen LogP contribution in [0.5, 0.6) is 0 Å². The van der Waals surface area contributed by atoms with Crippen LogP contribution in [0.4, 0.5) is 15.8 Å². The van der Waals surface area contributed by atoms with Crippen molar-refractivity contribution < 1.29 is 26.0 Å². The molecule has 0 aliphatic heterocycles. The molecule has 3 N–H and O–H groups in total. The number of sulfonamides is 2. The Hall–Kier alpha value is -4.62. The van der Waals surface area contributed by atoms with Crippen LogP contribution in [0.2, 0.25) is 0 Å². The van der Waals surface area contributed by atoms with Crippen molar-refractivity contribution in [3.63, 3.8) is 0 Å². The van der Waals surface area contributed by atoms with Crippen LogP contribution in [-0.2, 0) is 20.0 Å². The number of fused-ring (bicyclic) bond motifs is 1. The Morgan fingerprint density at radius 1 is 0.872 bits per heavy atom. The van der Waals surface area contributed by atoms with E-state index in [-0.39, 0.29) is 21.7 Å². The van der Waals surface area contributed by atoms with Crippen molar-refractivity contribution in [2.24, 2.45) is 0 Å². The van der Waals surface area contributed by atoms with Gasteiger partial charge in [0, 0.05) is 52.7 Å². The number of rotatable bonds is 8. The summed E-state index contributed by atoms with van der Waals surface area (Å²) in [6.45, 7) is 0. The largest absolute Gasteiger partial charge is 0.345 e. The minimum Gasteiger partial charge on any atom is -0.345 e. The zero-order valence-corrected chi connectivity index (χ0v) is 21.8. The predicted octanol–water partition coefficient (Wildman–Crippen LogP) is 4.17. The molecule has 3 heterocycles. The molecule has 5 aromatic rings. The number of hydrogen-bond acceptors (Lipinski definition) is 7. The standard InChI is InChI=1S/C26H20FN5O5S2/c1-38(34,35)31-18-5-2-4-16(10-18)17-11-21-23(15-30-26(21)29-13-17)25(33)22-12-19(7-8-24(22)27)32-39(36,37)20-6-3-9-28-14-20/h2-15,31-32H,1H3,(H,29,30). The lowest BCUT2D eigenvalue weighted by molar-refractivity contribution is 0.103. The SMILES string of the molecule is CS(=O)(=O)Nc1cccc(-c2cnc3[nH]cc(C(=O)c4cc(NS(=O)(=O)c5cccnc5)ccc4F)c3c2)c1. The number of aromatic amines is 1. The van der Waals surface area contributed by atoms with E-state index in [9.17, 15) is 26.0 Å². The molecule has 0 aliphatic rings. The lowest BCUT2D eigenvalue weighted by Gasteiger charge is -2.10. The van der Waals surface area contributed by atoms with Crippen LogP contribution in [0.3, 0.4) is 0 Å². The second-order valence-electron chi connectivity index (χ2n) is 8.60. The average molecular weight is 566 g/mol. The molecule has 198 valence electrons. The number of carbonyl (C=O) groups excluding carboxylic acids is 1. The first kappa shape index (κ1) is 26.0. The van der Waals surface area contributed by atoms with Crippen LogP contribution in [-0.4, -0.2) is 43.8 Å². The van der Waals surface area contributed by atoms with E-state index < -0.39 is 31.6 Å². The first-order valence-electron chi connectivity index (χ1n) is 11.3. The molecule has 0 saturated heterocycles. The Balaban J connectivity index is 1.49. The topological polar surface area (TPSA) is 151 Å². The van der Waals surface area contributed by atoms with Crippen LogP contribution >= 0.6 is 0 Å². The van der Waals surface area contributed by atoms with Crippen LogP contribution in [0.15, 0.2) is 90.3 Å². The number of nitrogens with one attached hydrogen (secondary N) is 3. The molecule has 0 bridgehead atoms. The fourth-order valence-corrected chi connectivity index (χ4v) is 5.52. The number of carbonyl (C=O) groups is 1. The number of H-pyrrole nitrogens is 1. The molecule has 0 unspecified atom stereocenters. The lowest BCUT2D eigenvalue weighted by atomic mass is 10.00. The molecule has 2 aromatic carbocycles. The summed E-state index contributed by atoms with van der Waals surface area (Å²) in [4.78, 5) is 24.4. The van der Waals surface area contributed by atoms with Gasteiger partial charge in [-0.1, -0.05) is 12.1 Å². The first-order valence-corrected chi connectivity index (χ1v) is 14.7. The van der Waals surface area contributed by atoms with E-state index in [1.165, 1.54) is 36.8 Å².